The predicted molar refractivity (Wildman–Crippen MR) is 321 cm³/mol. The van der Waals surface area contributed by atoms with E-state index in [0.717, 1.165) is 114 Å². The molecule has 8 bridgehead atoms. The molecule has 88 heavy (non-hydrogen) atoms. The zero-order chi connectivity index (χ0) is 63.3. The molecule has 12 N–H and O–H groups in total. The number of ether oxygens (including phenoxy) is 6. The van der Waals surface area contributed by atoms with Crippen LogP contribution in [0.4, 0.5) is 0 Å². The fraction of sp³-hybridized carbons (Fsp3) is 0.969. The normalized spacial score (nSPS) is 41.1. The maximum absolute atomic E-state index is 12.2. The standard InChI is InChI=1S/C18H28O6.C12H19NO3S.C12H26O2.C11H15N.C6H12O6.C6H12O3/c19-13-14(12-11-20-17(22-12)7-3-1-4-8-17)21-16-15(13)23-18(24-16)9-5-2-6-10-18;1-17(15,16)13-11(14)12-5-8-2-9(6-12)4-10(3-8)7-12;13-11-9-7-5-3-1-2-4-6-8-10-12-14;12-7-11-4-8-1-9(5-11)3-10(2-8)6-11;7-1-2(8)5-3(9)4(10)6(11)12-5;7-4-2-1-3-5(8)6(4)9/h12-16,19H,1-11H2;8-10H,2-7H2,1H3,(H,13,14);13-14H,1-12H2;8-10H,1-6H2;2-11H,1H2;4-9H,1-3H2. The summed E-state index contributed by atoms with van der Waals surface area (Å²) in [6.45, 7) is 0.579. The van der Waals surface area contributed by atoms with E-state index in [1.807, 2.05) is 0 Å². The second-order valence-electron chi connectivity index (χ2n) is 29.0. The summed E-state index contributed by atoms with van der Waals surface area (Å²) in [6, 6.07) is 2.61. The molecule has 2 spiro atoms. The van der Waals surface area contributed by atoms with E-state index in [0.29, 0.717) is 50.4 Å². The summed E-state index contributed by atoms with van der Waals surface area (Å²) in [4.78, 5) is 12.2. The molecule has 4 heterocycles. The third kappa shape index (κ3) is 19.2. The van der Waals surface area contributed by atoms with Crippen LogP contribution in [-0.4, -0.2) is 194 Å². The lowest BCUT2D eigenvalue weighted by Crippen LogP contribution is -2.54. The molecule has 11 saturated carbocycles. The van der Waals surface area contributed by atoms with Crippen molar-refractivity contribution in [3.05, 3.63) is 0 Å². The maximum atomic E-state index is 12.2. The molecule has 15 fully saturated rings. The van der Waals surface area contributed by atoms with Crippen LogP contribution in [0, 0.1) is 57.7 Å². The van der Waals surface area contributed by atoms with E-state index in [2.05, 4.69) is 15.5 Å². The Balaban J connectivity index is 0.000000141. The molecule has 0 aromatic heterocycles. The topological polar surface area (TPSA) is 365 Å². The molecule has 15 aliphatic rings. The van der Waals surface area contributed by atoms with Crippen LogP contribution in [0.5, 0.6) is 0 Å². The number of nitrogens with one attached hydrogen (secondary N) is 1. The number of carbonyl (C=O) groups is 1. The van der Waals surface area contributed by atoms with E-state index in [4.69, 9.17) is 74.7 Å². The number of fused-ring (bicyclic) bond motifs is 1. The van der Waals surface area contributed by atoms with Crippen LogP contribution < -0.4 is 4.72 Å². The molecule has 0 aromatic carbocycles. The lowest BCUT2D eigenvalue weighted by molar-refractivity contribution is -0.259. The number of nitrogens with zero attached hydrogens (tertiary/aromatic N) is 1. The van der Waals surface area contributed by atoms with Gasteiger partial charge in [0.1, 0.15) is 54.9 Å². The average molecular weight is 1270 g/mol. The highest BCUT2D eigenvalue weighted by Crippen LogP contribution is 2.61. The van der Waals surface area contributed by atoms with Crippen LogP contribution in [0.2, 0.25) is 0 Å². The Morgan fingerprint density at radius 3 is 1.41 bits per heavy atom. The molecule has 4 saturated heterocycles. The van der Waals surface area contributed by atoms with Gasteiger partial charge in [-0.05, 0) is 170 Å². The van der Waals surface area contributed by atoms with E-state index < -0.39 is 102 Å². The third-order valence-corrected chi connectivity index (χ3v) is 22.2. The van der Waals surface area contributed by atoms with Gasteiger partial charge < -0.3 is 84.6 Å². The highest BCUT2D eigenvalue weighted by molar-refractivity contribution is 7.89. The minimum atomic E-state index is -3.42. The molecule has 4 aliphatic heterocycles. The molecule has 12 atom stereocenters. The van der Waals surface area contributed by atoms with Crippen molar-refractivity contribution in [2.75, 3.05) is 32.7 Å². The van der Waals surface area contributed by atoms with Crippen LogP contribution in [0.1, 0.15) is 225 Å². The van der Waals surface area contributed by atoms with Crippen LogP contribution in [0.3, 0.4) is 0 Å². The van der Waals surface area contributed by atoms with Crippen molar-refractivity contribution in [3.8, 4) is 6.07 Å². The Bertz CT molecular complexity index is 2170. The summed E-state index contributed by atoms with van der Waals surface area (Å²) in [5, 5.41) is 108. The van der Waals surface area contributed by atoms with Gasteiger partial charge in [-0.3, -0.25) is 9.52 Å². The molecule has 508 valence electrons. The van der Waals surface area contributed by atoms with Crippen molar-refractivity contribution in [3.63, 3.8) is 0 Å². The van der Waals surface area contributed by atoms with E-state index in [1.54, 1.807) is 0 Å². The summed E-state index contributed by atoms with van der Waals surface area (Å²) < 4.78 is 59.7. The average Bonchev–Trinajstić information content (AvgIpc) is 1.01. The Morgan fingerprint density at radius 2 is 1.01 bits per heavy atom. The van der Waals surface area contributed by atoms with Gasteiger partial charge >= 0.3 is 0 Å². The monoisotopic (exact) mass is 1270 g/mol. The molecule has 1 amide bonds. The minimum Gasteiger partial charge on any atom is -0.396 e. The SMILES string of the molecule is CS(=O)(=O)NC(=O)C12CC3CC(CC(C3)C1)C2.N#CC12CC3CC(CC(C3)C1)C2.OC1C(C2COC3(CCCCC3)O2)OC2OC3(CCCCC3)OC21.OC1CCCC(O)C1O.OCC(O)C1OC(O)C(O)C1O.OCCCCCCCCCCCCO. The van der Waals surface area contributed by atoms with Crippen molar-refractivity contribution in [1.82, 2.24) is 4.72 Å². The van der Waals surface area contributed by atoms with Gasteiger partial charge in [0, 0.05) is 38.9 Å². The van der Waals surface area contributed by atoms with Crippen LogP contribution in [0.15, 0.2) is 0 Å². The van der Waals surface area contributed by atoms with Crippen LogP contribution in [-0.2, 0) is 43.2 Å². The number of aliphatic hydroxyl groups is 11. The predicted octanol–water partition coefficient (Wildman–Crippen LogP) is 5.13. The Morgan fingerprint density at radius 1 is 0.557 bits per heavy atom. The van der Waals surface area contributed by atoms with E-state index >= 15 is 0 Å². The number of rotatable bonds is 16. The first kappa shape index (κ1) is 72.1. The van der Waals surface area contributed by atoms with Gasteiger partial charge in [0.05, 0.1) is 48.6 Å². The van der Waals surface area contributed by atoms with Crippen molar-refractivity contribution >= 4 is 15.9 Å². The molecular weight excluding hydrogens is 1160 g/mol. The molecule has 15 rings (SSSR count). The number of aliphatic hydroxyl groups excluding tert-OH is 11. The molecule has 22 nitrogen and oxygen atoms in total. The van der Waals surface area contributed by atoms with Gasteiger partial charge in [0.15, 0.2) is 24.2 Å². The first-order valence-electron chi connectivity index (χ1n) is 34.2. The van der Waals surface area contributed by atoms with Gasteiger partial charge in [-0.15, -0.1) is 0 Å². The van der Waals surface area contributed by atoms with E-state index in [1.165, 1.54) is 122 Å². The number of sulfonamides is 1. The zero-order valence-electron chi connectivity index (χ0n) is 52.5. The molecule has 12 unspecified atom stereocenters. The van der Waals surface area contributed by atoms with Crippen molar-refractivity contribution < 1.29 is 97.8 Å². The summed E-state index contributed by atoms with van der Waals surface area (Å²) in [7, 11) is -3.42. The summed E-state index contributed by atoms with van der Waals surface area (Å²) in [5.74, 6) is 3.54. The second kappa shape index (κ2) is 33.1. The Hall–Kier alpha value is -1.77. The van der Waals surface area contributed by atoms with Crippen LogP contribution >= 0.6 is 0 Å². The molecule has 23 heteroatoms. The van der Waals surface area contributed by atoms with Gasteiger partial charge in [0.2, 0.25) is 15.9 Å². The lowest BCUT2D eigenvalue weighted by atomic mass is 9.49. The number of unbranched alkanes of at least 4 members (excludes halogenated alkanes) is 9. The number of hydrogen-bond donors (Lipinski definition) is 12. The Kier molecular flexibility index (Phi) is 27.1. The fourth-order valence-electron chi connectivity index (χ4n) is 17.9. The zero-order valence-corrected chi connectivity index (χ0v) is 53.3. The first-order valence-corrected chi connectivity index (χ1v) is 36.1. The van der Waals surface area contributed by atoms with Gasteiger partial charge in [-0.25, -0.2) is 8.42 Å². The molecular formula is C65H112N2O20S. The van der Waals surface area contributed by atoms with Crippen molar-refractivity contribution in [1.29, 1.82) is 5.26 Å². The molecule has 0 aromatic rings. The minimum absolute atomic E-state index is 0.148. The Labute approximate surface area is 522 Å². The number of amides is 1. The first-order chi connectivity index (χ1) is 42.1. The number of nitriles is 1. The summed E-state index contributed by atoms with van der Waals surface area (Å²) >= 11 is 0. The van der Waals surface area contributed by atoms with Gasteiger partial charge in [-0.2, -0.15) is 5.26 Å². The highest BCUT2D eigenvalue weighted by Gasteiger charge is 2.61. The number of carbonyl (C=O) groups excluding carboxylic acids is 1. The smallest absolute Gasteiger partial charge is 0.239 e. The summed E-state index contributed by atoms with van der Waals surface area (Å²) in [6.07, 6.45) is 29.0. The molecule has 0 radical (unpaired) electrons. The van der Waals surface area contributed by atoms with Gasteiger partial charge in [0.25, 0.3) is 0 Å². The third-order valence-electron chi connectivity index (χ3n) is 21.7. The summed E-state index contributed by atoms with van der Waals surface area (Å²) in [5.41, 5.74) is -0.216. The second-order valence-corrected chi connectivity index (χ2v) is 30.8. The lowest BCUT2D eigenvalue weighted by Gasteiger charge is -2.55. The quantitative estimate of drug-likeness (QED) is 0.0891. The van der Waals surface area contributed by atoms with Crippen molar-refractivity contribution in [2.45, 2.75) is 316 Å². The number of hydrogen-bond acceptors (Lipinski definition) is 21. The fourth-order valence-corrected chi connectivity index (χ4v) is 18.4. The van der Waals surface area contributed by atoms with Gasteiger partial charge in [-0.1, -0.05) is 64.2 Å². The highest BCUT2D eigenvalue weighted by atomic mass is 32.2. The van der Waals surface area contributed by atoms with E-state index in [9.17, 15) is 23.6 Å². The maximum Gasteiger partial charge on any atom is 0.239 e. The largest absolute Gasteiger partial charge is 0.396 e. The van der Waals surface area contributed by atoms with Crippen LogP contribution in [0.25, 0.3) is 0 Å². The van der Waals surface area contributed by atoms with Crippen molar-refractivity contribution in [2.24, 2.45) is 46.3 Å². The molecule has 11 aliphatic carbocycles. The van der Waals surface area contributed by atoms with E-state index in [-0.39, 0.29) is 22.8 Å².